The summed E-state index contributed by atoms with van der Waals surface area (Å²) in [4.78, 5) is 0. The minimum atomic E-state index is -3.27. The van der Waals surface area contributed by atoms with Crippen molar-refractivity contribution in [3.05, 3.63) is 23.6 Å². The van der Waals surface area contributed by atoms with Gasteiger partial charge in [0.1, 0.15) is 5.83 Å². The molecule has 0 heterocycles. The predicted molar refractivity (Wildman–Crippen MR) is 55.4 cm³/mol. The van der Waals surface area contributed by atoms with Crippen molar-refractivity contribution in [2.75, 3.05) is 5.75 Å². The number of rotatable bonds is 2. The van der Waals surface area contributed by atoms with Crippen LogP contribution >= 0.6 is 0 Å². The zero-order valence-electron chi connectivity index (χ0n) is 8.40. The Kier molecular flexibility index (Phi) is 3.64. The molecular weight excluding hydrogens is 217 g/mol. The van der Waals surface area contributed by atoms with Crippen LogP contribution in [-0.4, -0.2) is 19.4 Å². The van der Waals surface area contributed by atoms with Crippen molar-refractivity contribution in [3.63, 3.8) is 0 Å². The van der Waals surface area contributed by atoms with Gasteiger partial charge in [-0.1, -0.05) is 6.92 Å². The maximum absolute atomic E-state index is 13.2. The molecule has 1 aliphatic rings. The van der Waals surface area contributed by atoms with Crippen LogP contribution in [0.5, 0.6) is 0 Å². The van der Waals surface area contributed by atoms with E-state index in [0.29, 0.717) is 6.42 Å². The first-order valence-electron chi connectivity index (χ1n) is 4.69. The molecule has 0 spiro atoms. The van der Waals surface area contributed by atoms with Crippen LogP contribution in [0, 0.1) is 11.3 Å². The molecular formula is C10H12FNO2S. The van der Waals surface area contributed by atoms with Crippen LogP contribution in [-0.2, 0) is 9.84 Å². The molecule has 1 unspecified atom stereocenters. The van der Waals surface area contributed by atoms with Gasteiger partial charge in [0, 0.05) is 11.3 Å². The van der Waals surface area contributed by atoms with Crippen molar-refractivity contribution in [1.29, 1.82) is 5.26 Å². The SMILES string of the molecule is CCS(=O)(=O)C1C=C(F)C=C(C#N)CC1. The van der Waals surface area contributed by atoms with Crippen LogP contribution in [0.15, 0.2) is 23.6 Å². The van der Waals surface area contributed by atoms with Crippen LogP contribution in [0.2, 0.25) is 0 Å². The van der Waals surface area contributed by atoms with Gasteiger partial charge in [0.05, 0.1) is 11.3 Å². The largest absolute Gasteiger partial charge is 0.228 e. The number of sulfone groups is 1. The first kappa shape index (κ1) is 11.9. The van der Waals surface area contributed by atoms with Crippen LogP contribution in [0.1, 0.15) is 19.8 Å². The van der Waals surface area contributed by atoms with Gasteiger partial charge in [-0.25, -0.2) is 12.8 Å². The highest BCUT2D eigenvalue weighted by Crippen LogP contribution is 2.22. The number of allylic oxidation sites excluding steroid dienone is 3. The Bertz CT molecular complexity index is 443. The third-order valence-corrected chi connectivity index (χ3v) is 4.46. The molecule has 82 valence electrons. The molecule has 0 aromatic rings. The normalized spacial score (nSPS) is 22.3. The molecule has 1 atom stereocenters. The smallest absolute Gasteiger partial charge is 0.156 e. The second-order valence-electron chi connectivity index (χ2n) is 3.36. The van der Waals surface area contributed by atoms with E-state index in [1.54, 1.807) is 0 Å². The van der Waals surface area contributed by atoms with Gasteiger partial charge in [-0.05, 0) is 25.0 Å². The highest BCUT2D eigenvalue weighted by molar-refractivity contribution is 7.92. The average Bonchev–Trinajstić information content (AvgIpc) is 2.40. The van der Waals surface area contributed by atoms with E-state index in [9.17, 15) is 12.8 Å². The van der Waals surface area contributed by atoms with Gasteiger partial charge >= 0.3 is 0 Å². The van der Waals surface area contributed by atoms with Crippen molar-refractivity contribution in [2.24, 2.45) is 0 Å². The minimum absolute atomic E-state index is 0.0106. The van der Waals surface area contributed by atoms with Crippen molar-refractivity contribution in [3.8, 4) is 6.07 Å². The molecule has 0 aromatic heterocycles. The molecule has 1 rings (SSSR count). The lowest BCUT2D eigenvalue weighted by atomic mass is 10.1. The monoisotopic (exact) mass is 229 g/mol. The lowest BCUT2D eigenvalue weighted by Gasteiger charge is -2.10. The zero-order valence-corrected chi connectivity index (χ0v) is 9.22. The summed E-state index contributed by atoms with van der Waals surface area (Å²) in [6.45, 7) is 1.53. The molecule has 0 aromatic carbocycles. The molecule has 15 heavy (non-hydrogen) atoms. The third kappa shape index (κ3) is 2.90. The van der Waals surface area contributed by atoms with E-state index in [-0.39, 0.29) is 17.7 Å². The Balaban J connectivity index is 2.97. The lowest BCUT2D eigenvalue weighted by molar-refractivity contribution is 0.583. The van der Waals surface area contributed by atoms with Crippen LogP contribution in [0.3, 0.4) is 0 Å². The summed E-state index contributed by atoms with van der Waals surface area (Å²) in [5, 5.41) is 7.82. The van der Waals surface area contributed by atoms with Gasteiger partial charge in [-0.3, -0.25) is 0 Å². The molecule has 5 heteroatoms. The van der Waals surface area contributed by atoms with E-state index in [4.69, 9.17) is 5.26 Å². The topological polar surface area (TPSA) is 57.9 Å². The van der Waals surface area contributed by atoms with E-state index in [1.807, 2.05) is 6.07 Å². The van der Waals surface area contributed by atoms with Gasteiger partial charge in [0.15, 0.2) is 9.84 Å². The summed E-state index contributed by atoms with van der Waals surface area (Å²) < 4.78 is 36.2. The van der Waals surface area contributed by atoms with Crippen molar-refractivity contribution >= 4 is 9.84 Å². The molecule has 3 nitrogen and oxygen atoms in total. The van der Waals surface area contributed by atoms with Crippen molar-refractivity contribution in [2.45, 2.75) is 25.0 Å². The first-order chi connectivity index (χ1) is 6.99. The van der Waals surface area contributed by atoms with Gasteiger partial charge < -0.3 is 0 Å². The molecule has 0 fully saturated rings. The van der Waals surface area contributed by atoms with Crippen LogP contribution < -0.4 is 0 Å². The maximum atomic E-state index is 13.2. The Morgan fingerprint density at radius 2 is 2.33 bits per heavy atom. The molecule has 0 radical (unpaired) electrons. The van der Waals surface area contributed by atoms with E-state index in [1.165, 1.54) is 6.92 Å². The quantitative estimate of drug-likeness (QED) is 0.726. The standard InChI is InChI=1S/C10H12FNO2S/c1-2-15(13,14)10-4-3-8(7-12)5-9(11)6-10/h5-6,10H,2-4H2,1H3. The molecule has 0 N–H and O–H groups in total. The highest BCUT2D eigenvalue weighted by atomic mass is 32.2. The van der Waals surface area contributed by atoms with E-state index in [0.717, 1.165) is 12.2 Å². The fourth-order valence-corrected chi connectivity index (χ4v) is 2.67. The lowest BCUT2D eigenvalue weighted by Crippen LogP contribution is -2.20. The Morgan fingerprint density at radius 1 is 1.67 bits per heavy atom. The number of hydrogen-bond donors (Lipinski definition) is 0. The van der Waals surface area contributed by atoms with Crippen molar-refractivity contribution in [1.82, 2.24) is 0 Å². The molecule has 0 saturated carbocycles. The summed E-state index contributed by atoms with van der Waals surface area (Å²) in [5.41, 5.74) is 0.289. The predicted octanol–water partition coefficient (Wildman–Crippen LogP) is 1.89. The first-order valence-corrected chi connectivity index (χ1v) is 6.40. The molecule has 0 bridgehead atoms. The third-order valence-electron chi connectivity index (χ3n) is 2.36. The second-order valence-corrected chi connectivity index (χ2v) is 5.87. The van der Waals surface area contributed by atoms with E-state index < -0.39 is 20.9 Å². The fraction of sp³-hybridized carbons (Fsp3) is 0.500. The summed E-state index contributed by atoms with van der Waals surface area (Å²) in [6.07, 6.45) is 2.78. The molecule has 0 amide bonds. The number of halogens is 1. The summed E-state index contributed by atoms with van der Waals surface area (Å²) >= 11 is 0. The van der Waals surface area contributed by atoms with Gasteiger partial charge in [0.25, 0.3) is 0 Å². The Hall–Kier alpha value is -1.15. The Morgan fingerprint density at radius 3 is 2.87 bits per heavy atom. The molecule has 0 saturated heterocycles. The zero-order chi connectivity index (χ0) is 11.5. The molecule has 1 aliphatic carbocycles. The van der Waals surface area contributed by atoms with Gasteiger partial charge in [-0.15, -0.1) is 0 Å². The van der Waals surface area contributed by atoms with Gasteiger partial charge in [-0.2, -0.15) is 5.26 Å². The van der Waals surface area contributed by atoms with E-state index in [2.05, 4.69) is 0 Å². The van der Waals surface area contributed by atoms with Crippen LogP contribution in [0.25, 0.3) is 0 Å². The summed E-state index contributed by atoms with van der Waals surface area (Å²) in [7, 11) is -3.27. The molecule has 0 aliphatic heterocycles. The summed E-state index contributed by atoms with van der Waals surface area (Å²) in [5.74, 6) is -0.644. The maximum Gasteiger partial charge on any atom is 0.156 e. The minimum Gasteiger partial charge on any atom is -0.228 e. The van der Waals surface area contributed by atoms with Crippen LogP contribution in [0.4, 0.5) is 4.39 Å². The van der Waals surface area contributed by atoms with E-state index >= 15 is 0 Å². The fourth-order valence-electron chi connectivity index (χ4n) is 1.43. The average molecular weight is 229 g/mol. The van der Waals surface area contributed by atoms with Crippen molar-refractivity contribution < 1.29 is 12.8 Å². The summed E-state index contributed by atoms with van der Waals surface area (Å²) in [6, 6.07) is 1.85. The second kappa shape index (κ2) is 4.58. The number of nitriles is 1. The Labute approximate surface area is 88.8 Å². The number of hydrogen-bond acceptors (Lipinski definition) is 3. The number of nitrogens with zero attached hydrogens (tertiary/aromatic N) is 1. The highest BCUT2D eigenvalue weighted by Gasteiger charge is 2.24. The van der Waals surface area contributed by atoms with Gasteiger partial charge in [0.2, 0.25) is 0 Å².